The van der Waals surface area contributed by atoms with Gasteiger partial charge >= 0.3 is 5.97 Å². The molecular formula is C25H28N2O5. The van der Waals surface area contributed by atoms with Crippen LogP contribution in [0, 0.1) is 17.8 Å². The number of amides is 2. The maximum atomic E-state index is 12.4. The minimum Gasteiger partial charge on any atom is -0.497 e. The van der Waals surface area contributed by atoms with E-state index in [0.717, 1.165) is 12.3 Å². The fraction of sp³-hybridized carbons (Fsp3) is 0.400. The number of carbonyl (C=O) groups excluding carboxylic acids is 3. The number of hydrogen-bond acceptors (Lipinski definition) is 5. The number of fused-ring (bicyclic) bond motifs is 2. The zero-order valence-electron chi connectivity index (χ0n) is 18.1. The van der Waals surface area contributed by atoms with E-state index in [-0.39, 0.29) is 18.5 Å². The summed E-state index contributed by atoms with van der Waals surface area (Å²) in [4.78, 5) is 36.6. The van der Waals surface area contributed by atoms with Crippen molar-refractivity contribution in [2.24, 2.45) is 17.8 Å². The smallest absolute Gasteiger partial charge is 0.306 e. The van der Waals surface area contributed by atoms with Gasteiger partial charge in [0.25, 0.3) is 11.8 Å². The van der Waals surface area contributed by atoms with Gasteiger partial charge in [-0.3, -0.25) is 14.4 Å². The molecular weight excluding hydrogens is 408 g/mol. The van der Waals surface area contributed by atoms with Crippen molar-refractivity contribution in [3.05, 3.63) is 54.1 Å². The lowest BCUT2D eigenvalue weighted by atomic mass is 9.86. The molecule has 2 aromatic rings. The van der Waals surface area contributed by atoms with Crippen LogP contribution >= 0.6 is 0 Å². The molecule has 2 aliphatic rings. The van der Waals surface area contributed by atoms with Crippen LogP contribution in [0.1, 0.15) is 42.5 Å². The fourth-order valence-electron chi connectivity index (χ4n) is 4.83. The summed E-state index contributed by atoms with van der Waals surface area (Å²) in [6, 6.07) is 13.5. The normalized spacial score (nSPS) is 21.1. The average Bonchev–Trinajstić information content (AvgIpc) is 3.42. The van der Waals surface area contributed by atoms with Gasteiger partial charge in [0.1, 0.15) is 5.75 Å². The van der Waals surface area contributed by atoms with Gasteiger partial charge in [0, 0.05) is 23.4 Å². The number of esters is 1. The molecule has 0 radical (unpaired) electrons. The Morgan fingerprint density at radius 2 is 1.59 bits per heavy atom. The number of benzene rings is 2. The van der Waals surface area contributed by atoms with Gasteiger partial charge in [0.05, 0.1) is 7.11 Å². The summed E-state index contributed by atoms with van der Waals surface area (Å²) in [5.74, 6) is 1.59. The topological polar surface area (TPSA) is 93.7 Å². The van der Waals surface area contributed by atoms with Crippen LogP contribution in [0.4, 0.5) is 11.4 Å². The Labute approximate surface area is 187 Å². The number of ether oxygens (including phenoxy) is 2. The highest BCUT2D eigenvalue weighted by Gasteiger charge is 2.40. The summed E-state index contributed by atoms with van der Waals surface area (Å²) >= 11 is 0. The zero-order valence-corrected chi connectivity index (χ0v) is 18.1. The summed E-state index contributed by atoms with van der Waals surface area (Å²) in [6.45, 7) is -0.306. The van der Waals surface area contributed by atoms with Gasteiger partial charge in [-0.05, 0) is 85.5 Å². The van der Waals surface area contributed by atoms with Gasteiger partial charge in [0.2, 0.25) is 0 Å². The highest BCUT2D eigenvalue weighted by Crippen LogP contribution is 2.49. The Hall–Kier alpha value is -3.35. The molecule has 2 aromatic carbocycles. The molecule has 32 heavy (non-hydrogen) atoms. The third-order valence-electron chi connectivity index (χ3n) is 6.46. The summed E-state index contributed by atoms with van der Waals surface area (Å²) in [6.07, 6.45) is 5.28. The zero-order chi connectivity index (χ0) is 22.5. The van der Waals surface area contributed by atoms with Crippen molar-refractivity contribution in [3.8, 4) is 5.75 Å². The second-order valence-corrected chi connectivity index (χ2v) is 8.61. The third-order valence-corrected chi connectivity index (χ3v) is 6.46. The predicted octanol–water partition coefficient (Wildman–Crippen LogP) is 4.26. The number of methoxy groups -OCH3 is 1. The number of carbonyl (C=O) groups is 3. The molecule has 7 heteroatoms. The van der Waals surface area contributed by atoms with Crippen molar-refractivity contribution in [1.29, 1.82) is 0 Å². The molecule has 3 atom stereocenters. The third kappa shape index (κ3) is 5.46. The van der Waals surface area contributed by atoms with E-state index in [0.29, 0.717) is 40.9 Å². The number of rotatable bonds is 8. The lowest BCUT2D eigenvalue weighted by molar-refractivity contribution is -0.148. The van der Waals surface area contributed by atoms with Crippen LogP contribution in [-0.4, -0.2) is 31.5 Å². The van der Waals surface area contributed by atoms with Crippen molar-refractivity contribution in [3.63, 3.8) is 0 Å². The molecule has 0 spiro atoms. The Bertz CT molecular complexity index is 971. The van der Waals surface area contributed by atoms with Crippen LogP contribution in [0.3, 0.4) is 0 Å². The molecule has 2 bridgehead atoms. The Morgan fingerprint density at radius 1 is 0.906 bits per heavy atom. The van der Waals surface area contributed by atoms with Crippen molar-refractivity contribution < 1.29 is 23.9 Å². The highest BCUT2D eigenvalue weighted by molar-refractivity contribution is 6.04. The van der Waals surface area contributed by atoms with E-state index in [4.69, 9.17) is 9.47 Å². The van der Waals surface area contributed by atoms with Crippen LogP contribution in [0.2, 0.25) is 0 Å². The van der Waals surface area contributed by atoms with Gasteiger partial charge in [-0.15, -0.1) is 0 Å². The van der Waals surface area contributed by atoms with E-state index in [1.165, 1.54) is 19.3 Å². The van der Waals surface area contributed by atoms with E-state index in [1.807, 2.05) is 0 Å². The van der Waals surface area contributed by atoms with E-state index in [2.05, 4.69) is 10.6 Å². The molecule has 7 nitrogen and oxygen atoms in total. The maximum Gasteiger partial charge on any atom is 0.306 e. The standard InChI is InChI=1S/C25H28N2O5/c1-31-22-10-8-21(9-11-22)27-25(30)17-4-6-20(7-5-17)26-23(28)15-32-24(29)14-19-13-16-2-3-18(19)12-16/h4-11,16,18-19H,2-3,12-15H2,1H3,(H,26,28)(H,27,30)/t16-,18+,19+/m1/s1. The number of nitrogens with one attached hydrogen (secondary N) is 2. The molecule has 0 heterocycles. The fourth-order valence-corrected chi connectivity index (χ4v) is 4.83. The lowest BCUT2D eigenvalue weighted by Crippen LogP contribution is -2.23. The van der Waals surface area contributed by atoms with E-state index in [1.54, 1.807) is 55.6 Å². The maximum absolute atomic E-state index is 12.4. The quantitative estimate of drug-likeness (QED) is 0.603. The van der Waals surface area contributed by atoms with Crippen molar-refractivity contribution in [2.45, 2.75) is 32.1 Å². The number of anilines is 2. The first kappa shape index (κ1) is 21.9. The lowest BCUT2D eigenvalue weighted by Gasteiger charge is -2.20. The molecule has 0 aliphatic heterocycles. The first-order valence-corrected chi connectivity index (χ1v) is 11.0. The van der Waals surface area contributed by atoms with Crippen molar-refractivity contribution in [1.82, 2.24) is 0 Å². The molecule has 168 valence electrons. The molecule has 2 aliphatic carbocycles. The van der Waals surface area contributed by atoms with Gasteiger partial charge in [-0.25, -0.2) is 0 Å². The van der Waals surface area contributed by atoms with E-state index < -0.39 is 5.91 Å². The minimum absolute atomic E-state index is 0.261. The average molecular weight is 437 g/mol. The molecule has 4 rings (SSSR count). The predicted molar refractivity (Wildman–Crippen MR) is 121 cm³/mol. The summed E-state index contributed by atoms with van der Waals surface area (Å²) in [5.41, 5.74) is 1.64. The largest absolute Gasteiger partial charge is 0.497 e. The van der Waals surface area contributed by atoms with Gasteiger partial charge in [-0.1, -0.05) is 6.42 Å². The molecule has 0 aromatic heterocycles. The van der Waals surface area contributed by atoms with E-state index >= 15 is 0 Å². The number of hydrogen-bond donors (Lipinski definition) is 2. The van der Waals surface area contributed by atoms with Gasteiger partial charge in [0.15, 0.2) is 6.61 Å². The Morgan fingerprint density at radius 3 is 2.22 bits per heavy atom. The van der Waals surface area contributed by atoms with Crippen molar-refractivity contribution in [2.75, 3.05) is 24.4 Å². The first-order chi connectivity index (χ1) is 15.5. The van der Waals surface area contributed by atoms with E-state index in [9.17, 15) is 14.4 Å². The summed E-state index contributed by atoms with van der Waals surface area (Å²) < 4.78 is 10.3. The SMILES string of the molecule is COc1ccc(NC(=O)c2ccc(NC(=O)COC(=O)C[C@@H]3C[C@@H]4CC[C@H]3C4)cc2)cc1. The monoisotopic (exact) mass is 436 g/mol. The molecule has 2 amide bonds. The molecule has 0 unspecified atom stereocenters. The highest BCUT2D eigenvalue weighted by atomic mass is 16.5. The molecule has 2 fully saturated rings. The van der Waals surface area contributed by atoms with Crippen molar-refractivity contribution >= 4 is 29.2 Å². The van der Waals surface area contributed by atoms with Crippen LogP contribution in [0.15, 0.2) is 48.5 Å². The van der Waals surface area contributed by atoms with Crippen LogP contribution in [0.25, 0.3) is 0 Å². The van der Waals surface area contributed by atoms with Crippen LogP contribution in [-0.2, 0) is 14.3 Å². The molecule has 0 saturated heterocycles. The molecule has 2 saturated carbocycles. The first-order valence-electron chi connectivity index (χ1n) is 11.0. The van der Waals surface area contributed by atoms with Gasteiger partial charge in [-0.2, -0.15) is 0 Å². The minimum atomic E-state index is -0.401. The Kier molecular flexibility index (Phi) is 6.73. The van der Waals surface area contributed by atoms with Crippen LogP contribution in [0.5, 0.6) is 5.75 Å². The Balaban J connectivity index is 1.20. The molecule has 2 N–H and O–H groups in total. The summed E-state index contributed by atoms with van der Waals surface area (Å²) in [5, 5.41) is 5.49. The summed E-state index contributed by atoms with van der Waals surface area (Å²) in [7, 11) is 1.58. The van der Waals surface area contributed by atoms with Crippen LogP contribution < -0.4 is 15.4 Å². The second kappa shape index (κ2) is 9.85. The van der Waals surface area contributed by atoms with Gasteiger partial charge < -0.3 is 20.1 Å². The second-order valence-electron chi connectivity index (χ2n) is 8.61.